The largest absolute Gasteiger partial charge is 0.337 e. The van der Waals surface area contributed by atoms with E-state index in [0.717, 1.165) is 18.5 Å². The van der Waals surface area contributed by atoms with Gasteiger partial charge in [-0.05, 0) is 26.3 Å². The number of aromatic nitrogens is 5. The first-order valence-corrected chi connectivity index (χ1v) is 5.16. The monoisotopic (exact) mass is 222 g/mol. The summed E-state index contributed by atoms with van der Waals surface area (Å²) in [5, 5.41) is 11.7. The number of rotatable bonds is 5. The Balaban J connectivity index is 1.97. The van der Waals surface area contributed by atoms with Crippen LogP contribution < -0.4 is 5.73 Å². The van der Waals surface area contributed by atoms with Gasteiger partial charge in [0, 0.05) is 6.20 Å². The SMILES string of the molecule is Cc1noc(Cn2cc(CCCN)nn2)n1. The summed E-state index contributed by atoms with van der Waals surface area (Å²) < 4.78 is 6.67. The standard InChI is InChI=1S/C9H14N6O/c1-7-11-9(16-13-7)6-15-5-8(12-14-15)3-2-4-10/h5H,2-4,6,10H2,1H3. The smallest absolute Gasteiger partial charge is 0.248 e. The molecule has 0 spiro atoms. The van der Waals surface area contributed by atoms with Gasteiger partial charge >= 0.3 is 0 Å². The van der Waals surface area contributed by atoms with Gasteiger partial charge in [0.25, 0.3) is 0 Å². The summed E-state index contributed by atoms with van der Waals surface area (Å²) >= 11 is 0. The van der Waals surface area contributed by atoms with E-state index in [1.165, 1.54) is 0 Å². The van der Waals surface area contributed by atoms with E-state index in [1.807, 2.05) is 6.20 Å². The molecule has 2 aromatic heterocycles. The highest BCUT2D eigenvalue weighted by Gasteiger charge is 2.06. The van der Waals surface area contributed by atoms with Crippen molar-refractivity contribution in [2.45, 2.75) is 26.3 Å². The van der Waals surface area contributed by atoms with Crippen LogP contribution in [0.1, 0.15) is 23.8 Å². The molecule has 2 heterocycles. The van der Waals surface area contributed by atoms with E-state index in [1.54, 1.807) is 11.6 Å². The third kappa shape index (κ3) is 2.63. The molecule has 2 aromatic rings. The lowest BCUT2D eigenvalue weighted by atomic mass is 10.2. The molecule has 0 aliphatic heterocycles. The summed E-state index contributed by atoms with van der Waals surface area (Å²) in [5.74, 6) is 1.16. The zero-order valence-electron chi connectivity index (χ0n) is 9.13. The minimum absolute atomic E-state index is 0.455. The second-order valence-corrected chi connectivity index (χ2v) is 3.54. The normalized spacial score (nSPS) is 10.9. The van der Waals surface area contributed by atoms with Crippen molar-refractivity contribution in [2.75, 3.05) is 6.54 Å². The molecule has 16 heavy (non-hydrogen) atoms. The van der Waals surface area contributed by atoms with Gasteiger partial charge < -0.3 is 10.3 Å². The summed E-state index contributed by atoms with van der Waals surface area (Å²) in [7, 11) is 0. The summed E-state index contributed by atoms with van der Waals surface area (Å²) in [6, 6.07) is 0. The van der Waals surface area contributed by atoms with Crippen LogP contribution in [0.2, 0.25) is 0 Å². The zero-order chi connectivity index (χ0) is 11.4. The van der Waals surface area contributed by atoms with Crippen molar-refractivity contribution in [1.29, 1.82) is 0 Å². The van der Waals surface area contributed by atoms with Crippen LogP contribution in [0.15, 0.2) is 10.7 Å². The molecule has 7 heteroatoms. The fraction of sp³-hybridized carbons (Fsp3) is 0.556. The van der Waals surface area contributed by atoms with E-state index in [9.17, 15) is 0 Å². The van der Waals surface area contributed by atoms with Crippen molar-refractivity contribution in [3.63, 3.8) is 0 Å². The van der Waals surface area contributed by atoms with Crippen molar-refractivity contribution in [1.82, 2.24) is 25.1 Å². The van der Waals surface area contributed by atoms with E-state index in [4.69, 9.17) is 10.3 Å². The molecular weight excluding hydrogens is 208 g/mol. The summed E-state index contributed by atoms with van der Waals surface area (Å²) in [5.41, 5.74) is 6.35. The van der Waals surface area contributed by atoms with Crippen LogP contribution in [0.3, 0.4) is 0 Å². The van der Waals surface area contributed by atoms with E-state index >= 15 is 0 Å². The Kier molecular flexibility index (Phi) is 3.25. The summed E-state index contributed by atoms with van der Waals surface area (Å²) in [4.78, 5) is 4.09. The molecule has 0 aromatic carbocycles. The molecule has 7 nitrogen and oxygen atoms in total. The lowest BCUT2D eigenvalue weighted by molar-refractivity contribution is 0.361. The van der Waals surface area contributed by atoms with Crippen molar-refractivity contribution in [3.05, 3.63) is 23.6 Å². The molecule has 0 saturated heterocycles. The van der Waals surface area contributed by atoms with Crippen molar-refractivity contribution < 1.29 is 4.52 Å². The average molecular weight is 222 g/mol. The Labute approximate surface area is 92.6 Å². The molecule has 0 saturated carbocycles. The zero-order valence-corrected chi connectivity index (χ0v) is 9.13. The average Bonchev–Trinajstić information content (AvgIpc) is 2.86. The van der Waals surface area contributed by atoms with Gasteiger partial charge in [-0.1, -0.05) is 10.4 Å². The Bertz CT molecular complexity index is 448. The number of aryl methyl sites for hydroxylation is 2. The fourth-order valence-electron chi connectivity index (χ4n) is 1.36. The fourth-order valence-corrected chi connectivity index (χ4v) is 1.36. The van der Waals surface area contributed by atoms with E-state index in [-0.39, 0.29) is 0 Å². The molecule has 0 radical (unpaired) electrons. The Morgan fingerprint density at radius 2 is 2.38 bits per heavy atom. The first-order valence-electron chi connectivity index (χ1n) is 5.16. The van der Waals surface area contributed by atoms with Crippen LogP contribution in [0, 0.1) is 6.92 Å². The first-order chi connectivity index (χ1) is 7.78. The molecule has 0 unspecified atom stereocenters. The molecule has 0 fully saturated rings. The molecule has 0 aliphatic carbocycles. The Hall–Kier alpha value is -1.76. The molecular formula is C9H14N6O. The van der Waals surface area contributed by atoms with Crippen LogP contribution in [-0.2, 0) is 13.0 Å². The maximum Gasteiger partial charge on any atom is 0.248 e. The van der Waals surface area contributed by atoms with Gasteiger partial charge in [0.15, 0.2) is 5.82 Å². The Morgan fingerprint density at radius 1 is 1.50 bits per heavy atom. The van der Waals surface area contributed by atoms with Crippen molar-refractivity contribution in [2.24, 2.45) is 5.73 Å². The highest BCUT2D eigenvalue weighted by molar-refractivity contribution is 4.94. The minimum Gasteiger partial charge on any atom is -0.337 e. The maximum absolute atomic E-state index is 5.42. The quantitative estimate of drug-likeness (QED) is 0.759. The van der Waals surface area contributed by atoms with Gasteiger partial charge in [0.05, 0.1) is 5.69 Å². The third-order valence-corrected chi connectivity index (χ3v) is 2.09. The molecule has 0 bridgehead atoms. The highest BCUT2D eigenvalue weighted by Crippen LogP contribution is 2.01. The molecule has 0 aliphatic rings. The number of nitrogens with zero attached hydrogens (tertiary/aromatic N) is 5. The summed E-state index contributed by atoms with van der Waals surface area (Å²) in [6.45, 7) is 2.90. The van der Waals surface area contributed by atoms with Crippen molar-refractivity contribution >= 4 is 0 Å². The lowest BCUT2D eigenvalue weighted by Gasteiger charge is -1.92. The van der Waals surface area contributed by atoms with Gasteiger partial charge in [-0.3, -0.25) is 0 Å². The molecule has 0 amide bonds. The van der Waals surface area contributed by atoms with E-state index in [2.05, 4.69) is 20.5 Å². The van der Waals surface area contributed by atoms with Gasteiger partial charge in [-0.15, -0.1) is 5.10 Å². The number of hydrogen-bond acceptors (Lipinski definition) is 6. The lowest BCUT2D eigenvalue weighted by Crippen LogP contribution is -2.01. The summed E-state index contributed by atoms with van der Waals surface area (Å²) in [6.07, 6.45) is 3.63. The van der Waals surface area contributed by atoms with Gasteiger partial charge in [0.1, 0.15) is 6.54 Å². The second kappa shape index (κ2) is 4.84. The van der Waals surface area contributed by atoms with Gasteiger partial charge in [0.2, 0.25) is 5.89 Å². The predicted octanol–water partition coefficient (Wildman–Crippen LogP) is -0.0909. The van der Waals surface area contributed by atoms with Gasteiger partial charge in [-0.25, -0.2) is 4.68 Å². The van der Waals surface area contributed by atoms with E-state index in [0.29, 0.717) is 24.8 Å². The van der Waals surface area contributed by atoms with Crippen LogP contribution in [0.25, 0.3) is 0 Å². The molecule has 2 rings (SSSR count). The number of nitrogens with two attached hydrogens (primary N) is 1. The van der Waals surface area contributed by atoms with E-state index < -0.39 is 0 Å². The van der Waals surface area contributed by atoms with Crippen molar-refractivity contribution in [3.8, 4) is 0 Å². The Morgan fingerprint density at radius 3 is 3.06 bits per heavy atom. The second-order valence-electron chi connectivity index (χ2n) is 3.54. The number of hydrogen-bond donors (Lipinski definition) is 1. The van der Waals surface area contributed by atoms with Gasteiger partial charge in [-0.2, -0.15) is 4.98 Å². The topological polar surface area (TPSA) is 95.7 Å². The van der Waals surface area contributed by atoms with Crippen LogP contribution in [0.5, 0.6) is 0 Å². The van der Waals surface area contributed by atoms with Crippen LogP contribution in [0.4, 0.5) is 0 Å². The highest BCUT2D eigenvalue weighted by atomic mass is 16.5. The first kappa shape index (κ1) is 10.7. The third-order valence-electron chi connectivity index (χ3n) is 2.09. The molecule has 86 valence electrons. The van der Waals surface area contributed by atoms with Crippen LogP contribution in [-0.4, -0.2) is 31.7 Å². The predicted molar refractivity (Wildman–Crippen MR) is 55.5 cm³/mol. The molecule has 2 N–H and O–H groups in total. The molecule has 0 atom stereocenters. The van der Waals surface area contributed by atoms with Crippen LogP contribution >= 0.6 is 0 Å². The maximum atomic E-state index is 5.42. The minimum atomic E-state index is 0.455.